The Hall–Kier alpha value is -2.88. The number of anilines is 1. The Morgan fingerprint density at radius 2 is 1.84 bits per heavy atom. The van der Waals surface area contributed by atoms with Crippen LogP contribution in [0.15, 0.2) is 77.1 Å². The molecule has 0 aliphatic carbocycles. The van der Waals surface area contributed by atoms with Gasteiger partial charge in [-0.3, -0.25) is 9.79 Å². The van der Waals surface area contributed by atoms with E-state index in [2.05, 4.69) is 11.6 Å². The lowest BCUT2D eigenvalue weighted by molar-refractivity contribution is 0.101. The summed E-state index contributed by atoms with van der Waals surface area (Å²) in [6, 6.07) is 7.39. The quantitative estimate of drug-likeness (QED) is 0.459. The third-order valence-electron chi connectivity index (χ3n) is 3.91. The van der Waals surface area contributed by atoms with Gasteiger partial charge in [-0.05, 0) is 50.6 Å². The topological polar surface area (TPSA) is 58.7 Å². The molecule has 25 heavy (non-hydrogen) atoms. The smallest absolute Gasteiger partial charge is 0.159 e. The number of hydrogen-bond donors (Lipinski definition) is 1. The van der Waals surface area contributed by atoms with Crippen LogP contribution in [0, 0.1) is 0 Å². The lowest BCUT2D eigenvalue weighted by atomic mass is 9.99. The number of carbonyl (C=O) groups is 1. The molecule has 0 bridgehead atoms. The first-order valence-corrected chi connectivity index (χ1v) is 8.10. The highest BCUT2D eigenvalue weighted by atomic mass is 16.1. The third kappa shape index (κ3) is 5.31. The number of allylic oxidation sites excluding steroid dienone is 5. The average molecular weight is 337 g/mol. The zero-order valence-corrected chi connectivity index (χ0v) is 15.7. The molecule has 0 amide bonds. The van der Waals surface area contributed by atoms with Gasteiger partial charge < -0.3 is 10.6 Å². The Kier molecular flexibility index (Phi) is 7.60. The molecule has 4 nitrogen and oxygen atoms in total. The van der Waals surface area contributed by atoms with Crippen molar-refractivity contribution in [1.29, 1.82) is 0 Å². The number of hydrogen-bond acceptors (Lipinski definition) is 4. The third-order valence-corrected chi connectivity index (χ3v) is 3.91. The van der Waals surface area contributed by atoms with E-state index < -0.39 is 0 Å². The van der Waals surface area contributed by atoms with Crippen molar-refractivity contribution in [2.24, 2.45) is 10.7 Å². The molecule has 4 heteroatoms. The van der Waals surface area contributed by atoms with Crippen molar-refractivity contribution < 1.29 is 4.79 Å². The summed E-state index contributed by atoms with van der Waals surface area (Å²) in [7, 11) is 3.62. The fourth-order valence-electron chi connectivity index (χ4n) is 2.35. The van der Waals surface area contributed by atoms with Crippen molar-refractivity contribution in [3.05, 3.63) is 77.7 Å². The van der Waals surface area contributed by atoms with E-state index in [0.717, 1.165) is 16.8 Å². The van der Waals surface area contributed by atoms with Crippen LogP contribution in [0.1, 0.15) is 31.1 Å². The molecule has 0 unspecified atom stereocenters. The van der Waals surface area contributed by atoms with Gasteiger partial charge in [-0.1, -0.05) is 24.8 Å². The van der Waals surface area contributed by atoms with Crippen LogP contribution in [-0.4, -0.2) is 25.6 Å². The zero-order valence-electron chi connectivity index (χ0n) is 15.7. The molecular weight excluding hydrogens is 310 g/mol. The summed E-state index contributed by atoms with van der Waals surface area (Å²) in [6.45, 7) is 9.31. The van der Waals surface area contributed by atoms with Gasteiger partial charge in [-0.15, -0.1) is 0 Å². The number of nitrogens with two attached hydrogens (primary N) is 1. The SMILES string of the molecule is C=C/C=C(C(=NC)/C(N)=C/N(C)c1ccc(C(C)=O)cc1)\C(C)=C/C. The minimum absolute atomic E-state index is 0.0469. The highest BCUT2D eigenvalue weighted by molar-refractivity contribution is 6.14. The van der Waals surface area contributed by atoms with Crippen molar-refractivity contribution in [2.45, 2.75) is 20.8 Å². The lowest BCUT2D eigenvalue weighted by Gasteiger charge is -2.18. The van der Waals surface area contributed by atoms with Crippen LogP contribution >= 0.6 is 0 Å². The largest absolute Gasteiger partial charge is 0.396 e. The molecular formula is C21H27N3O. The molecule has 0 aromatic heterocycles. The standard InChI is InChI=1S/C21H27N3O/c1-7-9-19(15(3)8-2)21(23-5)20(22)14-24(6)18-12-10-17(11-13-18)16(4)25/h7-14H,1,22H2,2-6H3/b15-8-,19-9+,20-14-,23-21?. The van der Waals surface area contributed by atoms with Gasteiger partial charge in [0.05, 0.1) is 11.4 Å². The average Bonchev–Trinajstić information content (AvgIpc) is 2.60. The van der Waals surface area contributed by atoms with Gasteiger partial charge in [0.1, 0.15) is 0 Å². The van der Waals surface area contributed by atoms with E-state index >= 15 is 0 Å². The maximum Gasteiger partial charge on any atom is 0.159 e. The maximum absolute atomic E-state index is 11.4. The molecule has 0 aliphatic rings. The number of ketones is 1. The number of Topliss-reactive ketones (excluding diaryl/α,β-unsaturated/α-hetero) is 1. The van der Waals surface area contributed by atoms with E-state index in [4.69, 9.17) is 5.73 Å². The molecule has 0 aliphatic heterocycles. The highest BCUT2D eigenvalue weighted by Gasteiger charge is 2.12. The Morgan fingerprint density at radius 1 is 1.24 bits per heavy atom. The molecule has 1 aromatic rings. The summed E-state index contributed by atoms with van der Waals surface area (Å²) >= 11 is 0. The lowest BCUT2D eigenvalue weighted by Crippen LogP contribution is -2.20. The molecule has 132 valence electrons. The molecule has 0 spiro atoms. The first-order chi connectivity index (χ1) is 11.8. The van der Waals surface area contributed by atoms with E-state index in [9.17, 15) is 4.79 Å². The van der Waals surface area contributed by atoms with Crippen molar-refractivity contribution in [2.75, 3.05) is 19.0 Å². The minimum atomic E-state index is 0.0469. The van der Waals surface area contributed by atoms with E-state index in [0.29, 0.717) is 17.0 Å². The molecule has 1 aromatic carbocycles. The van der Waals surface area contributed by atoms with Gasteiger partial charge in [-0.2, -0.15) is 0 Å². The highest BCUT2D eigenvalue weighted by Crippen LogP contribution is 2.18. The fraction of sp³-hybridized carbons (Fsp3) is 0.238. The zero-order chi connectivity index (χ0) is 19.0. The van der Waals surface area contributed by atoms with Crippen molar-refractivity contribution >= 4 is 17.2 Å². The van der Waals surface area contributed by atoms with Crippen LogP contribution in [0.2, 0.25) is 0 Å². The van der Waals surface area contributed by atoms with Gasteiger partial charge >= 0.3 is 0 Å². The van der Waals surface area contributed by atoms with Crippen LogP contribution in [0.5, 0.6) is 0 Å². The van der Waals surface area contributed by atoms with Gasteiger partial charge in [0.2, 0.25) is 0 Å². The van der Waals surface area contributed by atoms with Crippen molar-refractivity contribution in [3.8, 4) is 0 Å². The molecule has 0 saturated heterocycles. The summed E-state index contributed by atoms with van der Waals surface area (Å²) in [5, 5.41) is 0. The van der Waals surface area contributed by atoms with Gasteiger partial charge in [-0.25, -0.2) is 0 Å². The van der Waals surface area contributed by atoms with Gasteiger partial charge in [0.15, 0.2) is 5.78 Å². The van der Waals surface area contributed by atoms with Crippen LogP contribution in [-0.2, 0) is 0 Å². The molecule has 0 heterocycles. The van der Waals surface area contributed by atoms with E-state index in [1.165, 1.54) is 0 Å². The first-order valence-electron chi connectivity index (χ1n) is 8.10. The Balaban J connectivity index is 3.17. The van der Waals surface area contributed by atoms with Crippen LogP contribution in [0.4, 0.5) is 5.69 Å². The molecule has 2 N–H and O–H groups in total. The Bertz CT molecular complexity index is 750. The minimum Gasteiger partial charge on any atom is -0.396 e. The summed E-state index contributed by atoms with van der Waals surface area (Å²) in [5.74, 6) is 0.0469. The molecule has 0 radical (unpaired) electrons. The second kappa shape index (κ2) is 9.42. The van der Waals surface area contributed by atoms with Crippen molar-refractivity contribution in [1.82, 2.24) is 0 Å². The normalized spacial score (nSPS) is 13.6. The van der Waals surface area contributed by atoms with E-state index in [-0.39, 0.29) is 5.78 Å². The summed E-state index contributed by atoms with van der Waals surface area (Å²) in [4.78, 5) is 17.6. The number of benzene rings is 1. The monoisotopic (exact) mass is 337 g/mol. The summed E-state index contributed by atoms with van der Waals surface area (Å²) < 4.78 is 0. The van der Waals surface area contributed by atoms with E-state index in [1.807, 2.05) is 56.3 Å². The number of rotatable bonds is 7. The number of carbonyl (C=O) groups excluding carboxylic acids is 1. The van der Waals surface area contributed by atoms with Crippen LogP contribution < -0.4 is 10.6 Å². The molecule has 0 fully saturated rings. The molecule has 1 rings (SSSR count). The number of nitrogens with zero attached hydrogens (tertiary/aromatic N) is 2. The summed E-state index contributed by atoms with van der Waals surface area (Å²) in [5.41, 5.74) is 11.2. The summed E-state index contributed by atoms with van der Waals surface area (Å²) in [6.07, 6.45) is 7.47. The second-order valence-corrected chi connectivity index (χ2v) is 5.66. The predicted molar refractivity (Wildman–Crippen MR) is 108 cm³/mol. The molecule has 0 saturated carbocycles. The van der Waals surface area contributed by atoms with Gasteiger partial charge in [0, 0.05) is 37.1 Å². The van der Waals surface area contributed by atoms with E-state index in [1.54, 1.807) is 32.2 Å². The Labute approximate surface area is 150 Å². The Morgan fingerprint density at radius 3 is 2.28 bits per heavy atom. The van der Waals surface area contributed by atoms with Gasteiger partial charge in [0.25, 0.3) is 0 Å². The van der Waals surface area contributed by atoms with Crippen LogP contribution in [0.3, 0.4) is 0 Å². The first kappa shape index (κ1) is 20.2. The molecule has 0 atom stereocenters. The fourth-order valence-corrected chi connectivity index (χ4v) is 2.35. The van der Waals surface area contributed by atoms with Crippen molar-refractivity contribution in [3.63, 3.8) is 0 Å². The predicted octanol–water partition coefficient (Wildman–Crippen LogP) is 4.27. The van der Waals surface area contributed by atoms with Crippen LogP contribution in [0.25, 0.3) is 0 Å². The second-order valence-electron chi connectivity index (χ2n) is 5.66. The number of aliphatic imine (C=N–C) groups is 1. The maximum atomic E-state index is 11.4.